The largest absolute Gasteiger partial charge is 0.270 e. The van der Waals surface area contributed by atoms with E-state index in [1.54, 1.807) is 29.2 Å². The molecule has 2 rings (SSSR count). The number of pyridine rings is 1. The highest BCUT2D eigenvalue weighted by atomic mass is 35.5. The second-order valence-electron chi connectivity index (χ2n) is 3.69. The summed E-state index contributed by atoms with van der Waals surface area (Å²) in [7, 11) is 0. The summed E-state index contributed by atoms with van der Waals surface area (Å²) in [6.07, 6.45) is 3.17. The van der Waals surface area contributed by atoms with Crippen molar-refractivity contribution in [2.45, 2.75) is 19.5 Å². The van der Waals surface area contributed by atoms with Gasteiger partial charge in [0.05, 0.1) is 27.6 Å². The SMILES string of the molecule is CCn1ncc(Cl)c1C(NN)c1ccc(Cl)cn1. The fourth-order valence-electron chi connectivity index (χ4n) is 1.77. The molecule has 0 saturated carbocycles. The first-order chi connectivity index (χ1) is 8.67. The minimum atomic E-state index is -0.322. The first kappa shape index (κ1) is 13.3. The van der Waals surface area contributed by atoms with E-state index in [2.05, 4.69) is 15.5 Å². The predicted molar refractivity (Wildman–Crippen MR) is 71.3 cm³/mol. The van der Waals surface area contributed by atoms with Crippen LogP contribution in [0.25, 0.3) is 0 Å². The lowest BCUT2D eigenvalue weighted by Crippen LogP contribution is -2.31. The Kier molecular flexibility index (Phi) is 4.19. The summed E-state index contributed by atoms with van der Waals surface area (Å²) in [6.45, 7) is 2.68. The van der Waals surface area contributed by atoms with Gasteiger partial charge in [-0.2, -0.15) is 5.10 Å². The van der Waals surface area contributed by atoms with Gasteiger partial charge in [0.1, 0.15) is 6.04 Å². The highest BCUT2D eigenvalue weighted by molar-refractivity contribution is 6.31. The van der Waals surface area contributed by atoms with Gasteiger partial charge in [-0.25, -0.2) is 5.43 Å². The number of aromatic nitrogens is 3. The van der Waals surface area contributed by atoms with E-state index in [1.165, 1.54) is 0 Å². The Labute approximate surface area is 115 Å². The second-order valence-corrected chi connectivity index (χ2v) is 4.54. The molecule has 0 aliphatic rings. The van der Waals surface area contributed by atoms with Crippen LogP contribution in [0.5, 0.6) is 0 Å². The third-order valence-electron chi connectivity index (χ3n) is 2.62. The number of nitrogens with two attached hydrogens (primary N) is 1. The highest BCUT2D eigenvalue weighted by Gasteiger charge is 2.21. The van der Waals surface area contributed by atoms with Crippen molar-refractivity contribution in [3.63, 3.8) is 0 Å². The smallest absolute Gasteiger partial charge is 0.106 e. The van der Waals surface area contributed by atoms with Gasteiger partial charge in [0.15, 0.2) is 0 Å². The maximum Gasteiger partial charge on any atom is 0.106 e. The summed E-state index contributed by atoms with van der Waals surface area (Å²) < 4.78 is 1.78. The molecular weight excluding hydrogens is 273 g/mol. The van der Waals surface area contributed by atoms with Crippen molar-refractivity contribution in [1.29, 1.82) is 0 Å². The molecule has 0 spiro atoms. The van der Waals surface area contributed by atoms with Crippen molar-refractivity contribution in [2.75, 3.05) is 0 Å². The molecule has 0 aliphatic heterocycles. The fourth-order valence-corrected chi connectivity index (χ4v) is 2.14. The molecule has 2 aromatic rings. The molecule has 2 heterocycles. The summed E-state index contributed by atoms with van der Waals surface area (Å²) in [6, 6.07) is 3.24. The lowest BCUT2D eigenvalue weighted by molar-refractivity contribution is 0.535. The molecule has 0 fully saturated rings. The number of hydrogen-bond acceptors (Lipinski definition) is 4. The molecule has 0 amide bonds. The van der Waals surface area contributed by atoms with Crippen LogP contribution in [0.15, 0.2) is 24.5 Å². The Morgan fingerprint density at radius 2 is 2.17 bits per heavy atom. The Morgan fingerprint density at radius 1 is 1.39 bits per heavy atom. The van der Waals surface area contributed by atoms with Gasteiger partial charge in [0, 0.05) is 12.7 Å². The number of hydrazine groups is 1. The second kappa shape index (κ2) is 5.67. The molecule has 0 saturated heterocycles. The van der Waals surface area contributed by atoms with Crippen molar-refractivity contribution in [1.82, 2.24) is 20.2 Å². The fraction of sp³-hybridized carbons (Fsp3) is 0.273. The van der Waals surface area contributed by atoms with Crippen molar-refractivity contribution in [2.24, 2.45) is 5.84 Å². The van der Waals surface area contributed by atoms with E-state index >= 15 is 0 Å². The van der Waals surface area contributed by atoms with E-state index in [9.17, 15) is 0 Å². The third-order valence-corrected chi connectivity index (χ3v) is 3.13. The van der Waals surface area contributed by atoms with Crippen LogP contribution in [0, 0.1) is 0 Å². The van der Waals surface area contributed by atoms with Crippen LogP contribution in [0.1, 0.15) is 24.4 Å². The monoisotopic (exact) mass is 285 g/mol. The molecule has 0 bridgehead atoms. The zero-order valence-corrected chi connectivity index (χ0v) is 11.3. The van der Waals surface area contributed by atoms with Gasteiger partial charge in [0.2, 0.25) is 0 Å². The first-order valence-electron chi connectivity index (χ1n) is 5.46. The van der Waals surface area contributed by atoms with Gasteiger partial charge in [-0.1, -0.05) is 23.2 Å². The van der Waals surface area contributed by atoms with Crippen molar-refractivity contribution < 1.29 is 0 Å². The molecule has 0 aromatic carbocycles. The van der Waals surface area contributed by atoms with Crippen LogP contribution in [-0.2, 0) is 6.54 Å². The van der Waals surface area contributed by atoms with E-state index in [-0.39, 0.29) is 6.04 Å². The van der Waals surface area contributed by atoms with Crippen molar-refractivity contribution in [3.8, 4) is 0 Å². The summed E-state index contributed by atoms with van der Waals surface area (Å²) in [4.78, 5) is 4.25. The normalized spacial score (nSPS) is 12.7. The van der Waals surface area contributed by atoms with E-state index in [0.717, 1.165) is 11.4 Å². The zero-order chi connectivity index (χ0) is 13.1. The number of nitrogens with one attached hydrogen (secondary N) is 1. The number of aryl methyl sites for hydroxylation is 1. The maximum absolute atomic E-state index is 6.15. The number of nitrogens with zero attached hydrogens (tertiary/aromatic N) is 3. The topological polar surface area (TPSA) is 68.8 Å². The van der Waals surface area contributed by atoms with Crippen LogP contribution < -0.4 is 11.3 Å². The zero-order valence-electron chi connectivity index (χ0n) is 9.77. The Hall–Kier alpha value is -1.14. The minimum absolute atomic E-state index is 0.322. The molecule has 2 aromatic heterocycles. The standard InChI is InChI=1S/C11H13Cl2N5/c1-2-18-11(8(13)6-16-18)10(17-14)9-4-3-7(12)5-15-9/h3-6,10,17H,2,14H2,1H3. The van der Waals surface area contributed by atoms with Crippen LogP contribution in [-0.4, -0.2) is 14.8 Å². The molecule has 1 unspecified atom stereocenters. The lowest BCUT2D eigenvalue weighted by atomic mass is 10.1. The Morgan fingerprint density at radius 3 is 2.72 bits per heavy atom. The molecule has 5 nitrogen and oxygen atoms in total. The highest BCUT2D eigenvalue weighted by Crippen LogP contribution is 2.27. The quantitative estimate of drug-likeness (QED) is 0.667. The molecule has 18 heavy (non-hydrogen) atoms. The molecular formula is C11H13Cl2N5. The summed E-state index contributed by atoms with van der Waals surface area (Å²) in [5.74, 6) is 5.60. The van der Waals surface area contributed by atoms with E-state index in [4.69, 9.17) is 29.0 Å². The Balaban J connectivity index is 2.44. The van der Waals surface area contributed by atoms with Crippen LogP contribution in [0.2, 0.25) is 10.0 Å². The van der Waals surface area contributed by atoms with Crippen LogP contribution >= 0.6 is 23.2 Å². The van der Waals surface area contributed by atoms with Crippen molar-refractivity contribution in [3.05, 3.63) is 46.0 Å². The lowest BCUT2D eigenvalue weighted by Gasteiger charge is -2.17. The predicted octanol–water partition coefficient (Wildman–Crippen LogP) is 2.16. The van der Waals surface area contributed by atoms with Gasteiger partial charge in [0.25, 0.3) is 0 Å². The number of halogens is 2. The summed E-state index contributed by atoms with van der Waals surface area (Å²) in [5, 5.41) is 5.31. The van der Waals surface area contributed by atoms with Crippen molar-refractivity contribution >= 4 is 23.2 Å². The molecule has 7 heteroatoms. The van der Waals surface area contributed by atoms with Gasteiger partial charge >= 0.3 is 0 Å². The average Bonchev–Trinajstić information content (AvgIpc) is 2.74. The molecule has 3 N–H and O–H groups in total. The number of hydrogen-bond donors (Lipinski definition) is 2. The van der Waals surface area contributed by atoms with E-state index in [1.807, 2.05) is 6.92 Å². The Bertz CT molecular complexity index is 523. The van der Waals surface area contributed by atoms with Gasteiger partial charge in [-0.15, -0.1) is 0 Å². The molecule has 0 aliphatic carbocycles. The van der Waals surface area contributed by atoms with Gasteiger partial charge in [-0.05, 0) is 19.1 Å². The van der Waals surface area contributed by atoms with Crippen LogP contribution in [0.3, 0.4) is 0 Å². The maximum atomic E-state index is 6.15. The molecule has 96 valence electrons. The van der Waals surface area contributed by atoms with E-state index in [0.29, 0.717) is 16.6 Å². The summed E-state index contributed by atoms with van der Waals surface area (Å²) >= 11 is 12.0. The first-order valence-corrected chi connectivity index (χ1v) is 6.21. The van der Waals surface area contributed by atoms with Gasteiger partial charge in [-0.3, -0.25) is 15.5 Å². The van der Waals surface area contributed by atoms with E-state index < -0.39 is 0 Å². The molecule has 1 atom stereocenters. The summed E-state index contributed by atoms with van der Waals surface area (Å²) in [5.41, 5.74) is 4.23. The van der Waals surface area contributed by atoms with Gasteiger partial charge < -0.3 is 0 Å². The minimum Gasteiger partial charge on any atom is -0.270 e. The van der Waals surface area contributed by atoms with Crippen LogP contribution in [0.4, 0.5) is 0 Å². The number of rotatable bonds is 4. The average molecular weight is 286 g/mol. The third kappa shape index (κ3) is 2.49. The molecule has 0 radical (unpaired) electrons.